The number of aromatic amines is 1. The molecule has 0 fully saturated rings. The summed E-state index contributed by atoms with van der Waals surface area (Å²) in [5, 5.41) is 0. The van der Waals surface area contributed by atoms with Crippen molar-refractivity contribution in [3.05, 3.63) is 53.1 Å². The molecule has 3 N–H and O–H groups in total. The molecule has 1 aromatic carbocycles. The van der Waals surface area contributed by atoms with Crippen molar-refractivity contribution in [3.8, 4) is 0 Å². The van der Waals surface area contributed by atoms with Crippen molar-refractivity contribution in [1.29, 1.82) is 0 Å². The lowest BCUT2D eigenvalue weighted by atomic mass is 10.1. The van der Waals surface area contributed by atoms with Gasteiger partial charge in [-0.1, -0.05) is 30.3 Å². The van der Waals surface area contributed by atoms with Gasteiger partial charge in [-0.3, -0.25) is 0 Å². The third-order valence-electron chi connectivity index (χ3n) is 2.63. The Morgan fingerprint density at radius 2 is 2.00 bits per heavy atom. The molecule has 3 heteroatoms. The number of nitrogens with zero attached hydrogens (tertiary/aromatic N) is 1. The van der Waals surface area contributed by atoms with Crippen LogP contribution in [-0.4, -0.2) is 16.5 Å². The van der Waals surface area contributed by atoms with E-state index in [-0.39, 0.29) is 0 Å². The minimum atomic E-state index is 0.637. The highest BCUT2D eigenvalue weighted by Gasteiger charge is 2.06. The van der Waals surface area contributed by atoms with Gasteiger partial charge < -0.3 is 10.7 Å². The zero-order valence-electron chi connectivity index (χ0n) is 9.53. The first-order valence-corrected chi connectivity index (χ1v) is 5.58. The van der Waals surface area contributed by atoms with Gasteiger partial charge in [0.1, 0.15) is 5.82 Å². The van der Waals surface area contributed by atoms with Gasteiger partial charge in [-0.25, -0.2) is 4.98 Å². The molecule has 16 heavy (non-hydrogen) atoms. The maximum atomic E-state index is 5.51. The SMILES string of the molecule is Cc1[nH]c(CCN)nc1Cc1ccccc1. The molecule has 2 aromatic rings. The fraction of sp³-hybridized carbons (Fsp3) is 0.308. The van der Waals surface area contributed by atoms with Crippen molar-refractivity contribution in [2.45, 2.75) is 19.8 Å². The molecule has 0 unspecified atom stereocenters. The van der Waals surface area contributed by atoms with Crippen LogP contribution in [0.4, 0.5) is 0 Å². The summed E-state index contributed by atoms with van der Waals surface area (Å²) in [5.41, 5.74) is 9.07. The Labute approximate surface area is 95.7 Å². The Balaban J connectivity index is 2.15. The Kier molecular flexibility index (Phi) is 3.37. The molecular formula is C13H17N3. The van der Waals surface area contributed by atoms with Gasteiger partial charge in [0.25, 0.3) is 0 Å². The predicted octanol–water partition coefficient (Wildman–Crippen LogP) is 1.81. The zero-order chi connectivity index (χ0) is 11.4. The molecule has 1 heterocycles. The second-order valence-corrected chi connectivity index (χ2v) is 3.96. The fourth-order valence-electron chi connectivity index (χ4n) is 1.78. The Morgan fingerprint density at radius 1 is 1.25 bits per heavy atom. The van der Waals surface area contributed by atoms with E-state index in [2.05, 4.69) is 41.2 Å². The smallest absolute Gasteiger partial charge is 0.107 e. The molecule has 2 rings (SSSR count). The lowest BCUT2D eigenvalue weighted by molar-refractivity contribution is 0.886. The first kappa shape index (κ1) is 10.9. The molecule has 0 radical (unpaired) electrons. The number of nitrogens with one attached hydrogen (secondary N) is 1. The minimum Gasteiger partial charge on any atom is -0.346 e. The highest BCUT2D eigenvalue weighted by molar-refractivity contribution is 5.24. The topological polar surface area (TPSA) is 54.7 Å². The van der Waals surface area contributed by atoms with Gasteiger partial charge in [-0.05, 0) is 19.0 Å². The van der Waals surface area contributed by atoms with Crippen molar-refractivity contribution < 1.29 is 0 Å². The predicted molar refractivity (Wildman–Crippen MR) is 65.3 cm³/mol. The third-order valence-corrected chi connectivity index (χ3v) is 2.63. The van der Waals surface area contributed by atoms with Gasteiger partial charge in [0.15, 0.2) is 0 Å². The van der Waals surface area contributed by atoms with Crippen LogP contribution in [0.2, 0.25) is 0 Å². The van der Waals surface area contributed by atoms with Crippen molar-refractivity contribution in [2.75, 3.05) is 6.54 Å². The van der Waals surface area contributed by atoms with Crippen LogP contribution >= 0.6 is 0 Å². The summed E-state index contributed by atoms with van der Waals surface area (Å²) < 4.78 is 0. The number of aryl methyl sites for hydroxylation is 1. The van der Waals surface area contributed by atoms with Crippen molar-refractivity contribution in [2.24, 2.45) is 5.73 Å². The fourth-order valence-corrected chi connectivity index (χ4v) is 1.78. The minimum absolute atomic E-state index is 0.637. The number of rotatable bonds is 4. The van der Waals surface area contributed by atoms with Gasteiger partial charge in [-0.15, -0.1) is 0 Å². The maximum Gasteiger partial charge on any atom is 0.107 e. The molecular weight excluding hydrogens is 198 g/mol. The number of benzene rings is 1. The number of hydrogen-bond acceptors (Lipinski definition) is 2. The molecule has 0 spiro atoms. The van der Waals surface area contributed by atoms with E-state index in [0.717, 1.165) is 30.1 Å². The summed E-state index contributed by atoms with van der Waals surface area (Å²) in [6.45, 7) is 2.70. The van der Waals surface area contributed by atoms with Gasteiger partial charge >= 0.3 is 0 Å². The Hall–Kier alpha value is -1.61. The van der Waals surface area contributed by atoms with E-state index in [0.29, 0.717) is 6.54 Å². The monoisotopic (exact) mass is 215 g/mol. The van der Waals surface area contributed by atoms with E-state index in [4.69, 9.17) is 5.73 Å². The summed E-state index contributed by atoms with van der Waals surface area (Å²) in [4.78, 5) is 7.83. The molecule has 0 saturated heterocycles. The first-order chi connectivity index (χ1) is 7.79. The molecule has 0 aliphatic carbocycles. The van der Waals surface area contributed by atoms with Crippen LogP contribution in [0.5, 0.6) is 0 Å². The quantitative estimate of drug-likeness (QED) is 0.817. The Morgan fingerprint density at radius 3 is 2.69 bits per heavy atom. The van der Waals surface area contributed by atoms with Crippen LogP contribution in [-0.2, 0) is 12.8 Å². The van der Waals surface area contributed by atoms with Crippen LogP contribution < -0.4 is 5.73 Å². The van der Waals surface area contributed by atoms with Crippen LogP contribution in [0, 0.1) is 6.92 Å². The van der Waals surface area contributed by atoms with Gasteiger partial charge in [0.2, 0.25) is 0 Å². The van der Waals surface area contributed by atoms with Crippen molar-refractivity contribution >= 4 is 0 Å². The van der Waals surface area contributed by atoms with E-state index in [1.165, 1.54) is 5.56 Å². The van der Waals surface area contributed by atoms with E-state index in [9.17, 15) is 0 Å². The highest BCUT2D eigenvalue weighted by atomic mass is 14.9. The van der Waals surface area contributed by atoms with E-state index in [1.54, 1.807) is 0 Å². The summed E-state index contributed by atoms with van der Waals surface area (Å²) in [6, 6.07) is 10.4. The second kappa shape index (κ2) is 4.94. The average molecular weight is 215 g/mol. The van der Waals surface area contributed by atoms with E-state index < -0.39 is 0 Å². The lowest BCUT2D eigenvalue weighted by Crippen LogP contribution is -2.04. The molecule has 0 saturated carbocycles. The van der Waals surface area contributed by atoms with Gasteiger partial charge in [0, 0.05) is 18.5 Å². The number of nitrogens with two attached hydrogens (primary N) is 1. The second-order valence-electron chi connectivity index (χ2n) is 3.96. The summed E-state index contributed by atoms with van der Waals surface area (Å²) >= 11 is 0. The number of H-pyrrole nitrogens is 1. The average Bonchev–Trinajstić information content (AvgIpc) is 2.61. The zero-order valence-corrected chi connectivity index (χ0v) is 9.53. The summed E-state index contributed by atoms with van der Waals surface area (Å²) in [7, 11) is 0. The van der Waals surface area contributed by atoms with Gasteiger partial charge in [-0.2, -0.15) is 0 Å². The number of imidazole rings is 1. The molecule has 3 nitrogen and oxygen atoms in total. The van der Waals surface area contributed by atoms with Crippen LogP contribution in [0.25, 0.3) is 0 Å². The highest BCUT2D eigenvalue weighted by Crippen LogP contribution is 2.11. The molecule has 0 atom stereocenters. The lowest BCUT2D eigenvalue weighted by Gasteiger charge is -1.98. The van der Waals surface area contributed by atoms with Crippen molar-refractivity contribution in [1.82, 2.24) is 9.97 Å². The molecule has 1 aromatic heterocycles. The number of aromatic nitrogens is 2. The van der Waals surface area contributed by atoms with Crippen molar-refractivity contribution in [3.63, 3.8) is 0 Å². The Bertz CT molecular complexity index is 445. The maximum absolute atomic E-state index is 5.51. The van der Waals surface area contributed by atoms with E-state index in [1.807, 2.05) is 6.07 Å². The third kappa shape index (κ3) is 2.49. The molecule has 0 aliphatic heterocycles. The largest absolute Gasteiger partial charge is 0.346 e. The molecule has 0 bridgehead atoms. The van der Waals surface area contributed by atoms with Crippen LogP contribution in [0.15, 0.2) is 30.3 Å². The van der Waals surface area contributed by atoms with Gasteiger partial charge in [0.05, 0.1) is 5.69 Å². The molecule has 84 valence electrons. The summed E-state index contributed by atoms with van der Waals surface area (Å²) in [6.07, 6.45) is 1.70. The molecule has 0 aliphatic rings. The van der Waals surface area contributed by atoms with Crippen LogP contribution in [0.3, 0.4) is 0 Å². The molecule has 0 amide bonds. The van der Waals surface area contributed by atoms with E-state index >= 15 is 0 Å². The number of hydrogen-bond donors (Lipinski definition) is 2. The normalized spacial score (nSPS) is 10.6. The first-order valence-electron chi connectivity index (χ1n) is 5.58. The standard InChI is InChI=1S/C13H17N3/c1-10-12(16-13(15-10)7-8-14)9-11-5-3-2-4-6-11/h2-6H,7-9,14H2,1H3,(H,15,16). The van der Waals surface area contributed by atoms with Crippen LogP contribution in [0.1, 0.15) is 22.8 Å². The summed E-state index contributed by atoms with van der Waals surface area (Å²) in [5.74, 6) is 0.992.